The molecule has 0 bridgehead atoms. The fraction of sp³-hybridized carbons (Fsp3) is 1.00. The van der Waals surface area contributed by atoms with Crippen molar-refractivity contribution in [1.82, 2.24) is 5.32 Å². The standard InChI is InChI=1S/C33H69N/c1-4-7-10-13-16-18-20-22-24-27-30-33(34-32-29-26-15-12-9-6-3)31-28-25-23-21-19-17-14-11-8-5-2/h33-34H,4-32H2,1-3H3. The van der Waals surface area contributed by atoms with Gasteiger partial charge in [0.25, 0.3) is 0 Å². The zero-order chi connectivity index (χ0) is 24.8. The highest BCUT2D eigenvalue weighted by atomic mass is 14.9. The number of unbranched alkanes of at least 4 members (excludes halogenated alkanes) is 23. The van der Waals surface area contributed by atoms with Crippen LogP contribution in [0, 0.1) is 0 Å². The van der Waals surface area contributed by atoms with Gasteiger partial charge in [0.2, 0.25) is 0 Å². The highest BCUT2D eigenvalue weighted by molar-refractivity contribution is 4.68. The van der Waals surface area contributed by atoms with Crippen molar-refractivity contribution in [3.8, 4) is 0 Å². The average Bonchev–Trinajstić information content (AvgIpc) is 2.85. The lowest BCUT2D eigenvalue weighted by atomic mass is 9.99. The maximum atomic E-state index is 3.97. The molecule has 0 aliphatic carbocycles. The average molecular weight is 480 g/mol. The van der Waals surface area contributed by atoms with Crippen LogP contribution in [0.3, 0.4) is 0 Å². The minimum atomic E-state index is 0.790. The second-order valence-corrected chi connectivity index (χ2v) is 11.4. The predicted octanol–water partition coefficient (Wildman–Crippen LogP) is 11.9. The van der Waals surface area contributed by atoms with Crippen molar-refractivity contribution in [1.29, 1.82) is 0 Å². The molecule has 0 aromatic heterocycles. The molecule has 0 aliphatic heterocycles. The van der Waals surface area contributed by atoms with E-state index in [4.69, 9.17) is 0 Å². The van der Waals surface area contributed by atoms with Crippen LogP contribution < -0.4 is 5.32 Å². The summed E-state index contributed by atoms with van der Waals surface area (Å²) in [7, 11) is 0. The summed E-state index contributed by atoms with van der Waals surface area (Å²) >= 11 is 0. The zero-order valence-corrected chi connectivity index (χ0v) is 24.6. The first-order chi connectivity index (χ1) is 16.8. The number of nitrogens with one attached hydrogen (secondary N) is 1. The predicted molar refractivity (Wildman–Crippen MR) is 158 cm³/mol. The van der Waals surface area contributed by atoms with Crippen LogP contribution in [-0.2, 0) is 0 Å². The van der Waals surface area contributed by atoms with E-state index >= 15 is 0 Å². The molecule has 0 aliphatic rings. The van der Waals surface area contributed by atoms with Crippen molar-refractivity contribution in [2.24, 2.45) is 0 Å². The van der Waals surface area contributed by atoms with Gasteiger partial charge in [0, 0.05) is 6.04 Å². The minimum Gasteiger partial charge on any atom is -0.314 e. The van der Waals surface area contributed by atoms with E-state index in [2.05, 4.69) is 26.1 Å². The normalized spacial score (nSPS) is 11.6. The van der Waals surface area contributed by atoms with Crippen molar-refractivity contribution in [2.45, 2.75) is 207 Å². The topological polar surface area (TPSA) is 12.0 Å². The lowest BCUT2D eigenvalue weighted by Gasteiger charge is -2.19. The Morgan fingerprint density at radius 3 is 0.912 bits per heavy atom. The fourth-order valence-electron chi connectivity index (χ4n) is 5.32. The Bertz CT molecular complexity index is 315. The third kappa shape index (κ3) is 28.2. The van der Waals surface area contributed by atoms with Crippen molar-refractivity contribution in [3.63, 3.8) is 0 Å². The summed E-state index contributed by atoms with van der Waals surface area (Å²) in [4.78, 5) is 0. The number of hydrogen-bond donors (Lipinski definition) is 1. The molecule has 0 spiro atoms. The molecule has 0 fully saturated rings. The third-order valence-electron chi connectivity index (χ3n) is 7.78. The van der Waals surface area contributed by atoms with Gasteiger partial charge in [0.15, 0.2) is 0 Å². The van der Waals surface area contributed by atoms with E-state index in [1.807, 2.05) is 0 Å². The molecule has 0 unspecified atom stereocenters. The maximum absolute atomic E-state index is 3.97. The van der Waals surface area contributed by atoms with E-state index < -0.39 is 0 Å². The van der Waals surface area contributed by atoms with Crippen molar-refractivity contribution in [2.75, 3.05) is 6.54 Å². The quantitative estimate of drug-likeness (QED) is 0.101. The Morgan fingerprint density at radius 2 is 0.588 bits per heavy atom. The second-order valence-electron chi connectivity index (χ2n) is 11.4. The van der Waals surface area contributed by atoms with E-state index in [0.29, 0.717) is 0 Å². The molecule has 0 radical (unpaired) electrons. The molecule has 0 aromatic carbocycles. The Kier molecular flexibility index (Phi) is 31.0. The molecular weight excluding hydrogens is 410 g/mol. The molecule has 0 saturated carbocycles. The van der Waals surface area contributed by atoms with E-state index in [1.165, 1.54) is 186 Å². The molecule has 1 heteroatoms. The molecule has 0 rings (SSSR count). The van der Waals surface area contributed by atoms with Crippen molar-refractivity contribution >= 4 is 0 Å². The Morgan fingerprint density at radius 1 is 0.324 bits per heavy atom. The van der Waals surface area contributed by atoms with Gasteiger partial charge in [-0.2, -0.15) is 0 Å². The van der Waals surface area contributed by atoms with Crippen molar-refractivity contribution < 1.29 is 0 Å². The molecule has 0 atom stereocenters. The smallest absolute Gasteiger partial charge is 0.00670 e. The molecule has 0 saturated heterocycles. The highest BCUT2D eigenvalue weighted by Crippen LogP contribution is 2.16. The van der Waals surface area contributed by atoms with Crippen LogP contribution in [0.15, 0.2) is 0 Å². The first-order valence-electron chi connectivity index (χ1n) is 16.6. The van der Waals surface area contributed by atoms with E-state index in [-0.39, 0.29) is 0 Å². The van der Waals surface area contributed by atoms with E-state index in [1.54, 1.807) is 0 Å². The lowest BCUT2D eigenvalue weighted by molar-refractivity contribution is 0.405. The molecule has 0 heterocycles. The van der Waals surface area contributed by atoms with Gasteiger partial charge in [0.1, 0.15) is 0 Å². The SMILES string of the molecule is CCCCCCCCCCCCC(CCCCCCCCCCCC)NCCCCCCCC. The molecule has 34 heavy (non-hydrogen) atoms. The summed E-state index contributed by atoms with van der Waals surface area (Å²) in [6.45, 7) is 8.19. The van der Waals surface area contributed by atoms with Gasteiger partial charge in [-0.25, -0.2) is 0 Å². The summed E-state index contributed by atoms with van der Waals surface area (Å²) in [5.41, 5.74) is 0. The van der Waals surface area contributed by atoms with E-state index in [0.717, 1.165) is 6.04 Å². The fourth-order valence-corrected chi connectivity index (χ4v) is 5.32. The van der Waals surface area contributed by atoms with Gasteiger partial charge in [-0.05, 0) is 25.8 Å². The summed E-state index contributed by atoms with van der Waals surface area (Å²) < 4.78 is 0. The minimum absolute atomic E-state index is 0.790. The first-order valence-corrected chi connectivity index (χ1v) is 16.6. The molecule has 0 aromatic rings. The molecular formula is C33H69N. The summed E-state index contributed by atoms with van der Waals surface area (Å²) in [5, 5.41) is 3.97. The van der Waals surface area contributed by atoms with Gasteiger partial charge in [0.05, 0.1) is 0 Å². The van der Waals surface area contributed by atoms with Gasteiger partial charge in [-0.3, -0.25) is 0 Å². The van der Waals surface area contributed by atoms with Gasteiger partial charge < -0.3 is 5.32 Å². The first kappa shape index (κ1) is 34.0. The number of hydrogen-bond acceptors (Lipinski definition) is 1. The lowest BCUT2D eigenvalue weighted by Crippen LogP contribution is -2.30. The molecule has 206 valence electrons. The molecule has 1 nitrogen and oxygen atoms in total. The molecule has 1 N–H and O–H groups in total. The summed E-state index contributed by atoms with van der Waals surface area (Å²) in [6, 6.07) is 0.790. The number of rotatable bonds is 30. The van der Waals surface area contributed by atoms with Crippen LogP contribution in [0.2, 0.25) is 0 Å². The van der Waals surface area contributed by atoms with Crippen LogP contribution in [0.4, 0.5) is 0 Å². The molecule has 0 amide bonds. The Hall–Kier alpha value is -0.0400. The van der Waals surface area contributed by atoms with Crippen molar-refractivity contribution in [3.05, 3.63) is 0 Å². The highest BCUT2D eigenvalue weighted by Gasteiger charge is 2.08. The zero-order valence-electron chi connectivity index (χ0n) is 24.6. The van der Waals surface area contributed by atoms with Crippen LogP contribution in [0.25, 0.3) is 0 Å². The summed E-state index contributed by atoms with van der Waals surface area (Å²) in [5.74, 6) is 0. The van der Waals surface area contributed by atoms with Gasteiger partial charge in [-0.15, -0.1) is 0 Å². The Balaban J connectivity index is 3.82. The van der Waals surface area contributed by atoms with Crippen LogP contribution >= 0.6 is 0 Å². The van der Waals surface area contributed by atoms with Gasteiger partial charge >= 0.3 is 0 Å². The van der Waals surface area contributed by atoms with E-state index in [9.17, 15) is 0 Å². The monoisotopic (exact) mass is 480 g/mol. The third-order valence-corrected chi connectivity index (χ3v) is 7.78. The van der Waals surface area contributed by atoms with Crippen LogP contribution in [0.5, 0.6) is 0 Å². The largest absolute Gasteiger partial charge is 0.314 e. The Labute approximate surface area is 218 Å². The van der Waals surface area contributed by atoms with Gasteiger partial charge in [-0.1, -0.05) is 181 Å². The van der Waals surface area contributed by atoms with Crippen LogP contribution in [-0.4, -0.2) is 12.6 Å². The van der Waals surface area contributed by atoms with Crippen LogP contribution in [0.1, 0.15) is 201 Å². The second kappa shape index (κ2) is 31.0. The maximum Gasteiger partial charge on any atom is 0.00670 e. The summed E-state index contributed by atoms with van der Waals surface area (Å²) in [6.07, 6.45) is 40.4.